The highest BCUT2D eigenvalue weighted by Crippen LogP contribution is 2.41. The minimum Gasteiger partial charge on any atom is -0.376 e. The Hall–Kier alpha value is -1.39. The largest absolute Gasteiger partial charge is 0.376 e. The van der Waals surface area contributed by atoms with Crippen LogP contribution in [-0.2, 0) is 20.9 Å². The van der Waals surface area contributed by atoms with Crippen LogP contribution in [0.3, 0.4) is 0 Å². The Bertz CT molecular complexity index is 428. The molecule has 2 aliphatic rings. The normalized spacial score (nSPS) is 29.9. The Morgan fingerprint density at radius 1 is 1.32 bits per heavy atom. The lowest BCUT2D eigenvalue weighted by molar-refractivity contribution is -0.172. The lowest BCUT2D eigenvalue weighted by Gasteiger charge is -2.49. The van der Waals surface area contributed by atoms with Crippen LogP contribution in [0.4, 0.5) is 0 Å². The van der Waals surface area contributed by atoms with Gasteiger partial charge in [-0.15, -0.1) is 0 Å². The summed E-state index contributed by atoms with van der Waals surface area (Å²) in [6, 6.07) is 10.2. The Balaban J connectivity index is 1.37. The summed E-state index contributed by atoms with van der Waals surface area (Å²) in [6.07, 6.45) is 1.98. The second-order valence-electron chi connectivity index (χ2n) is 5.52. The van der Waals surface area contributed by atoms with E-state index in [0.29, 0.717) is 19.1 Å². The van der Waals surface area contributed by atoms with E-state index < -0.39 is 0 Å². The molecule has 1 saturated carbocycles. The Morgan fingerprint density at radius 3 is 2.79 bits per heavy atom. The number of hydrogen-bond acceptors (Lipinski definition) is 3. The molecule has 3 rings (SSSR count). The molecule has 1 saturated heterocycles. The average Bonchev–Trinajstić information content (AvgIpc) is 2.40. The van der Waals surface area contributed by atoms with E-state index in [-0.39, 0.29) is 18.1 Å². The summed E-state index contributed by atoms with van der Waals surface area (Å²) in [4.78, 5) is 11.0. The molecule has 0 aromatic heterocycles. The van der Waals surface area contributed by atoms with E-state index in [1.54, 1.807) is 0 Å². The molecule has 0 radical (unpaired) electrons. The number of rotatable bonds is 4. The third kappa shape index (κ3) is 2.96. The quantitative estimate of drug-likeness (QED) is 0.893. The van der Waals surface area contributed by atoms with Gasteiger partial charge in [0.2, 0.25) is 5.91 Å². The highest BCUT2D eigenvalue weighted by Gasteiger charge is 2.47. The molecule has 0 unspecified atom stereocenters. The number of amides is 1. The predicted octanol–water partition coefficient (Wildman–Crippen LogP) is 1.50. The molecule has 1 aliphatic heterocycles. The van der Waals surface area contributed by atoms with Gasteiger partial charge in [0.05, 0.1) is 18.8 Å². The van der Waals surface area contributed by atoms with Crippen LogP contribution in [0.2, 0.25) is 0 Å². The van der Waals surface area contributed by atoms with Crippen molar-refractivity contribution in [3.05, 3.63) is 35.9 Å². The molecule has 1 heterocycles. The fourth-order valence-corrected chi connectivity index (χ4v) is 2.87. The number of carbonyl (C=O) groups is 1. The van der Waals surface area contributed by atoms with Gasteiger partial charge in [0.25, 0.3) is 0 Å². The van der Waals surface area contributed by atoms with Gasteiger partial charge < -0.3 is 14.8 Å². The fraction of sp³-hybridized carbons (Fsp3) is 0.533. The van der Waals surface area contributed by atoms with Crippen LogP contribution in [0.15, 0.2) is 30.3 Å². The maximum Gasteiger partial charge on any atom is 0.246 e. The highest BCUT2D eigenvalue weighted by atomic mass is 16.5. The molecule has 1 aliphatic carbocycles. The van der Waals surface area contributed by atoms with Crippen LogP contribution >= 0.6 is 0 Å². The summed E-state index contributed by atoms with van der Waals surface area (Å²) in [7, 11) is 0. The van der Waals surface area contributed by atoms with E-state index in [9.17, 15) is 4.79 Å². The Kier molecular flexibility index (Phi) is 3.53. The number of ether oxygens (including phenoxy) is 2. The zero-order valence-electron chi connectivity index (χ0n) is 10.9. The van der Waals surface area contributed by atoms with Crippen molar-refractivity contribution < 1.29 is 14.3 Å². The standard InChI is InChI=1S/C15H19NO3/c17-14-10-19-15(11-16-14)6-13(7-15)9-18-8-12-4-2-1-3-5-12/h1-5,13H,6-11H2,(H,16,17). The minimum absolute atomic E-state index is 0.00518. The van der Waals surface area contributed by atoms with Crippen LogP contribution < -0.4 is 5.32 Å². The summed E-state index contributed by atoms with van der Waals surface area (Å²) in [5.74, 6) is 0.549. The van der Waals surface area contributed by atoms with Gasteiger partial charge in [0.15, 0.2) is 0 Å². The van der Waals surface area contributed by atoms with Crippen molar-refractivity contribution in [2.75, 3.05) is 19.8 Å². The molecule has 4 heteroatoms. The van der Waals surface area contributed by atoms with Gasteiger partial charge >= 0.3 is 0 Å². The van der Waals surface area contributed by atoms with Crippen LogP contribution in [0, 0.1) is 5.92 Å². The van der Waals surface area contributed by atoms with Gasteiger partial charge in [-0.25, -0.2) is 0 Å². The van der Waals surface area contributed by atoms with E-state index in [1.807, 2.05) is 18.2 Å². The number of nitrogens with one attached hydrogen (secondary N) is 1. The van der Waals surface area contributed by atoms with E-state index in [0.717, 1.165) is 19.4 Å². The van der Waals surface area contributed by atoms with E-state index in [1.165, 1.54) is 5.56 Å². The van der Waals surface area contributed by atoms with Crippen molar-refractivity contribution in [1.82, 2.24) is 5.32 Å². The van der Waals surface area contributed by atoms with Crippen molar-refractivity contribution in [2.24, 2.45) is 5.92 Å². The second-order valence-corrected chi connectivity index (χ2v) is 5.52. The van der Waals surface area contributed by atoms with Crippen molar-refractivity contribution in [2.45, 2.75) is 25.0 Å². The molecule has 1 amide bonds. The van der Waals surface area contributed by atoms with Gasteiger partial charge in [-0.3, -0.25) is 4.79 Å². The monoisotopic (exact) mass is 261 g/mol. The third-order valence-electron chi connectivity index (χ3n) is 3.90. The van der Waals surface area contributed by atoms with Gasteiger partial charge in [0, 0.05) is 6.54 Å². The van der Waals surface area contributed by atoms with E-state index >= 15 is 0 Å². The highest BCUT2D eigenvalue weighted by molar-refractivity contribution is 5.78. The summed E-state index contributed by atoms with van der Waals surface area (Å²) >= 11 is 0. The molecule has 0 atom stereocenters. The predicted molar refractivity (Wildman–Crippen MR) is 70.5 cm³/mol. The topological polar surface area (TPSA) is 47.6 Å². The first-order chi connectivity index (χ1) is 9.26. The van der Waals surface area contributed by atoms with Crippen molar-refractivity contribution in [1.29, 1.82) is 0 Å². The zero-order valence-corrected chi connectivity index (χ0v) is 10.9. The lowest BCUT2D eigenvalue weighted by Crippen LogP contribution is -2.59. The van der Waals surface area contributed by atoms with Gasteiger partial charge in [-0.05, 0) is 24.3 Å². The molecule has 1 aromatic rings. The minimum atomic E-state index is -0.102. The molecule has 102 valence electrons. The average molecular weight is 261 g/mol. The SMILES string of the molecule is O=C1COC2(CN1)CC(COCc1ccccc1)C2. The maximum atomic E-state index is 11.0. The first kappa shape index (κ1) is 12.6. The lowest BCUT2D eigenvalue weighted by atomic mass is 9.70. The second kappa shape index (κ2) is 5.31. The summed E-state index contributed by atoms with van der Waals surface area (Å²) in [5, 5.41) is 2.87. The van der Waals surface area contributed by atoms with Gasteiger partial charge in [-0.1, -0.05) is 30.3 Å². The number of hydrogen-bond donors (Lipinski definition) is 1. The van der Waals surface area contributed by atoms with Gasteiger partial charge in [0.1, 0.15) is 6.61 Å². The van der Waals surface area contributed by atoms with E-state index in [4.69, 9.17) is 9.47 Å². The molecule has 4 nitrogen and oxygen atoms in total. The first-order valence-corrected chi connectivity index (χ1v) is 6.78. The van der Waals surface area contributed by atoms with Crippen LogP contribution in [0.25, 0.3) is 0 Å². The smallest absolute Gasteiger partial charge is 0.246 e. The number of carbonyl (C=O) groups excluding carboxylic acids is 1. The molecule has 19 heavy (non-hydrogen) atoms. The number of benzene rings is 1. The fourth-order valence-electron chi connectivity index (χ4n) is 2.87. The summed E-state index contributed by atoms with van der Waals surface area (Å²) < 4.78 is 11.4. The van der Waals surface area contributed by atoms with E-state index in [2.05, 4.69) is 17.4 Å². The van der Waals surface area contributed by atoms with Crippen molar-refractivity contribution in [3.8, 4) is 0 Å². The summed E-state index contributed by atoms with van der Waals surface area (Å²) in [6.45, 7) is 2.30. The molecule has 2 fully saturated rings. The Morgan fingerprint density at radius 2 is 2.11 bits per heavy atom. The van der Waals surface area contributed by atoms with Crippen LogP contribution in [0.1, 0.15) is 18.4 Å². The molecule has 1 spiro atoms. The molecule has 1 N–H and O–H groups in total. The van der Waals surface area contributed by atoms with Crippen LogP contribution in [0.5, 0.6) is 0 Å². The first-order valence-electron chi connectivity index (χ1n) is 6.78. The zero-order chi connectivity index (χ0) is 13.1. The number of morpholine rings is 1. The molecular weight excluding hydrogens is 242 g/mol. The summed E-state index contributed by atoms with van der Waals surface area (Å²) in [5.41, 5.74) is 1.10. The molecule has 0 bridgehead atoms. The van der Waals surface area contributed by atoms with Crippen molar-refractivity contribution >= 4 is 5.91 Å². The van der Waals surface area contributed by atoms with Crippen LogP contribution in [-0.4, -0.2) is 31.3 Å². The van der Waals surface area contributed by atoms with Crippen molar-refractivity contribution in [3.63, 3.8) is 0 Å². The van der Waals surface area contributed by atoms with Gasteiger partial charge in [-0.2, -0.15) is 0 Å². The third-order valence-corrected chi connectivity index (χ3v) is 3.90. The molecular formula is C15H19NO3. The molecule has 1 aromatic carbocycles. The Labute approximate surface area is 113 Å². The maximum absolute atomic E-state index is 11.0.